The van der Waals surface area contributed by atoms with Gasteiger partial charge >= 0.3 is 0 Å². The van der Waals surface area contributed by atoms with E-state index in [1.54, 1.807) is 6.33 Å². The van der Waals surface area contributed by atoms with E-state index in [9.17, 15) is 4.79 Å². The van der Waals surface area contributed by atoms with Gasteiger partial charge in [-0.15, -0.1) is 10.2 Å². The second kappa shape index (κ2) is 5.23. The second-order valence-corrected chi connectivity index (χ2v) is 6.52. The van der Waals surface area contributed by atoms with Gasteiger partial charge in [0.25, 0.3) is 0 Å². The maximum atomic E-state index is 12.6. The lowest BCUT2D eigenvalue weighted by Gasteiger charge is -2.27. The molecule has 2 aliphatic rings. The Balaban J connectivity index is 1.58. The van der Waals surface area contributed by atoms with Crippen LogP contribution < -0.4 is 10.1 Å². The Bertz CT molecular complexity index is 775. The van der Waals surface area contributed by atoms with Crippen molar-refractivity contribution in [2.75, 3.05) is 11.9 Å². The molecule has 1 saturated carbocycles. The van der Waals surface area contributed by atoms with E-state index in [4.69, 9.17) is 16.3 Å². The van der Waals surface area contributed by atoms with Crippen molar-refractivity contribution in [1.29, 1.82) is 0 Å². The minimum absolute atomic E-state index is 0.0134. The molecule has 0 radical (unpaired) electrons. The largest absolute Gasteiger partial charge is 0.493 e. The number of benzene rings is 1. The molecule has 6 nitrogen and oxygen atoms in total. The predicted molar refractivity (Wildman–Crippen MR) is 85.7 cm³/mol. The Morgan fingerprint density at radius 2 is 2.43 bits per heavy atom. The molecule has 0 bridgehead atoms. The van der Waals surface area contributed by atoms with Crippen LogP contribution in [0.3, 0.4) is 0 Å². The number of ether oxygens (including phenoxy) is 1. The van der Waals surface area contributed by atoms with E-state index in [-0.39, 0.29) is 17.2 Å². The molecule has 1 fully saturated rings. The lowest BCUT2D eigenvalue weighted by atomic mass is 9.87. The van der Waals surface area contributed by atoms with Crippen LogP contribution in [0.4, 0.5) is 5.95 Å². The van der Waals surface area contributed by atoms with Gasteiger partial charge in [-0.1, -0.05) is 11.6 Å². The summed E-state index contributed by atoms with van der Waals surface area (Å²) in [5.41, 5.74) is 0.896. The number of rotatable bonds is 3. The van der Waals surface area contributed by atoms with Crippen LogP contribution in [0.25, 0.3) is 0 Å². The number of aryl methyl sites for hydroxylation is 1. The van der Waals surface area contributed by atoms with Crippen molar-refractivity contribution in [3.63, 3.8) is 0 Å². The summed E-state index contributed by atoms with van der Waals surface area (Å²) in [5, 5.41) is 11.4. The molecule has 4 rings (SSSR count). The van der Waals surface area contributed by atoms with E-state index in [2.05, 4.69) is 15.5 Å². The zero-order valence-electron chi connectivity index (χ0n) is 12.8. The lowest BCUT2D eigenvalue weighted by molar-refractivity contribution is -0.117. The molecule has 120 valence electrons. The molecule has 1 aromatic heterocycles. The molecule has 7 heteroatoms. The summed E-state index contributed by atoms with van der Waals surface area (Å²) in [6.45, 7) is 3.32. The standard InChI is InChI=1S/C16H17ClN4O2/c1-2-21-9-18-20-15(21)19-14(22)12-8-16(12)5-6-23-13-4-3-10(17)7-11(13)16/h3-4,7,9,12H,2,5-6,8H2,1H3,(H,19,20,22)/t12-,16-/m0/s1. The maximum Gasteiger partial charge on any atom is 0.231 e. The fraction of sp³-hybridized carbons (Fsp3) is 0.438. The third-order valence-electron chi connectivity index (χ3n) is 4.87. The molecule has 1 aliphatic heterocycles. The molecular formula is C16H17ClN4O2. The summed E-state index contributed by atoms with van der Waals surface area (Å²) in [5.74, 6) is 1.25. The average Bonchev–Trinajstić information content (AvgIpc) is 3.09. The molecule has 1 aliphatic carbocycles. The van der Waals surface area contributed by atoms with Gasteiger partial charge in [0, 0.05) is 28.5 Å². The highest BCUT2D eigenvalue weighted by Crippen LogP contribution is 2.61. The van der Waals surface area contributed by atoms with Gasteiger partial charge in [0.1, 0.15) is 12.1 Å². The molecule has 1 N–H and O–H groups in total. The van der Waals surface area contributed by atoms with Gasteiger partial charge in [-0.3, -0.25) is 10.1 Å². The highest BCUT2D eigenvalue weighted by atomic mass is 35.5. The number of halogens is 1. The molecule has 0 unspecified atom stereocenters. The number of anilines is 1. The zero-order chi connectivity index (χ0) is 16.0. The number of carbonyl (C=O) groups is 1. The molecule has 0 saturated heterocycles. The third kappa shape index (κ3) is 2.28. The van der Waals surface area contributed by atoms with Gasteiger partial charge in [-0.2, -0.15) is 0 Å². The smallest absolute Gasteiger partial charge is 0.231 e. The van der Waals surface area contributed by atoms with E-state index < -0.39 is 0 Å². The molecule has 23 heavy (non-hydrogen) atoms. The summed E-state index contributed by atoms with van der Waals surface area (Å²) in [6, 6.07) is 5.64. The highest BCUT2D eigenvalue weighted by molar-refractivity contribution is 6.30. The normalized spacial score (nSPS) is 24.9. The average molecular weight is 333 g/mol. The first-order chi connectivity index (χ1) is 11.1. The van der Waals surface area contributed by atoms with Crippen LogP contribution in [0.1, 0.15) is 25.3 Å². The van der Waals surface area contributed by atoms with Crippen LogP contribution in [0.5, 0.6) is 5.75 Å². The number of fused-ring (bicyclic) bond motifs is 2. The van der Waals surface area contributed by atoms with Crippen molar-refractivity contribution >= 4 is 23.5 Å². The van der Waals surface area contributed by atoms with Crippen molar-refractivity contribution in [2.24, 2.45) is 5.92 Å². The minimum Gasteiger partial charge on any atom is -0.493 e. The molecule has 1 amide bonds. The van der Waals surface area contributed by atoms with E-state index in [1.165, 1.54) is 0 Å². The van der Waals surface area contributed by atoms with E-state index >= 15 is 0 Å². The third-order valence-corrected chi connectivity index (χ3v) is 5.10. The number of nitrogens with zero attached hydrogens (tertiary/aromatic N) is 3. The van der Waals surface area contributed by atoms with Crippen molar-refractivity contribution < 1.29 is 9.53 Å². The first-order valence-corrected chi connectivity index (χ1v) is 8.13. The Kier molecular flexibility index (Phi) is 3.30. The molecule has 1 spiro atoms. The van der Waals surface area contributed by atoms with Gasteiger partial charge in [0.05, 0.1) is 6.61 Å². The number of nitrogens with one attached hydrogen (secondary N) is 1. The Hall–Kier alpha value is -2.08. The maximum absolute atomic E-state index is 12.6. The van der Waals surface area contributed by atoms with Crippen LogP contribution in [-0.2, 0) is 16.8 Å². The molecule has 1 aromatic carbocycles. The fourth-order valence-electron chi connectivity index (χ4n) is 3.50. The van der Waals surface area contributed by atoms with Crippen LogP contribution in [0.15, 0.2) is 24.5 Å². The summed E-state index contributed by atoms with van der Waals surface area (Å²) in [6.07, 6.45) is 3.26. The number of hydrogen-bond donors (Lipinski definition) is 1. The summed E-state index contributed by atoms with van der Waals surface area (Å²) >= 11 is 6.14. The number of amides is 1. The van der Waals surface area contributed by atoms with Crippen LogP contribution in [0, 0.1) is 5.92 Å². The van der Waals surface area contributed by atoms with E-state index in [0.717, 1.165) is 24.2 Å². The summed E-state index contributed by atoms with van der Waals surface area (Å²) in [7, 11) is 0. The van der Waals surface area contributed by atoms with Crippen molar-refractivity contribution in [3.05, 3.63) is 35.1 Å². The number of aromatic nitrogens is 3. The van der Waals surface area contributed by atoms with E-state index in [1.807, 2.05) is 29.7 Å². The van der Waals surface area contributed by atoms with Gasteiger partial charge in [-0.25, -0.2) is 0 Å². The Morgan fingerprint density at radius 3 is 3.26 bits per heavy atom. The topological polar surface area (TPSA) is 69.0 Å². The van der Waals surface area contributed by atoms with Gasteiger partial charge < -0.3 is 9.30 Å². The summed E-state index contributed by atoms with van der Waals surface area (Å²) in [4.78, 5) is 12.6. The summed E-state index contributed by atoms with van der Waals surface area (Å²) < 4.78 is 7.52. The lowest BCUT2D eigenvalue weighted by Crippen LogP contribution is -2.27. The molecule has 2 heterocycles. The SMILES string of the molecule is CCn1cnnc1NC(=O)[C@@H]1C[C@]12CCOc1ccc(Cl)cc12. The quantitative estimate of drug-likeness (QED) is 0.938. The van der Waals surface area contributed by atoms with Crippen molar-refractivity contribution in [2.45, 2.75) is 31.7 Å². The predicted octanol–water partition coefficient (Wildman–Crippen LogP) is 2.63. The van der Waals surface area contributed by atoms with Gasteiger partial charge in [0.15, 0.2) is 0 Å². The number of hydrogen-bond acceptors (Lipinski definition) is 4. The highest BCUT2D eigenvalue weighted by Gasteiger charge is 2.61. The Labute approximate surface area is 138 Å². The zero-order valence-corrected chi connectivity index (χ0v) is 13.5. The van der Waals surface area contributed by atoms with Crippen molar-refractivity contribution in [3.8, 4) is 5.75 Å². The van der Waals surface area contributed by atoms with Crippen LogP contribution >= 0.6 is 11.6 Å². The van der Waals surface area contributed by atoms with Gasteiger partial charge in [-0.05, 0) is 38.0 Å². The first-order valence-electron chi connectivity index (χ1n) is 7.75. The molecular weight excluding hydrogens is 316 g/mol. The van der Waals surface area contributed by atoms with Crippen molar-refractivity contribution in [1.82, 2.24) is 14.8 Å². The van der Waals surface area contributed by atoms with Gasteiger partial charge in [0.2, 0.25) is 11.9 Å². The first kappa shape index (κ1) is 14.5. The monoisotopic (exact) mass is 332 g/mol. The minimum atomic E-state index is -0.153. The molecule has 2 atom stereocenters. The van der Waals surface area contributed by atoms with E-state index in [0.29, 0.717) is 24.1 Å². The number of carbonyl (C=O) groups excluding carboxylic acids is 1. The Morgan fingerprint density at radius 1 is 1.57 bits per heavy atom. The fourth-order valence-corrected chi connectivity index (χ4v) is 3.67. The molecule has 2 aromatic rings. The van der Waals surface area contributed by atoms with Crippen LogP contribution in [0.2, 0.25) is 5.02 Å². The van der Waals surface area contributed by atoms with Crippen LogP contribution in [-0.4, -0.2) is 27.3 Å². The second-order valence-electron chi connectivity index (χ2n) is 6.08.